The van der Waals surface area contributed by atoms with Gasteiger partial charge in [0.2, 0.25) is 11.8 Å². The van der Waals surface area contributed by atoms with Crippen molar-refractivity contribution < 1.29 is 18.7 Å². The Hall–Kier alpha value is -3.68. The first-order chi connectivity index (χ1) is 15.8. The highest BCUT2D eigenvalue weighted by molar-refractivity contribution is 5.92. The minimum atomic E-state index is -0.305. The van der Waals surface area contributed by atoms with Gasteiger partial charge in [0, 0.05) is 19.2 Å². The van der Waals surface area contributed by atoms with Crippen LogP contribution in [0.15, 0.2) is 60.9 Å². The lowest BCUT2D eigenvalue weighted by Gasteiger charge is -2.17. The van der Waals surface area contributed by atoms with Crippen molar-refractivity contribution in [1.29, 1.82) is 0 Å². The zero-order chi connectivity index (χ0) is 23.8. The topological polar surface area (TPSA) is 76.5 Å². The summed E-state index contributed by atoms with van der Waals surface area (Å²) in [5.41, 5.74) is 2.56. The van der Waals surface area contributed by atoms with Gasteiger partial charge < -0.3 is 15.0 Å². The fourth-order valence-corrected chi connectivity index (χ4v) is 3.17. The monoisotopic (exact) mass is 452 g/mol. The van der Waals surface area contributed by atoms with Gasteiger partial charge in [0.05, 0.1) is 18.4 Å². The van der Waals surface area contributed by atoms with Crippen molar-refractivity contribution in [2.24, 2.45) is 5.92 Å². The van der Waals surface area contributed by atoms with E-state index in [0.29, 0.717) is 25.3 Å². The molecule has 0 aliphatic carbocycles. The van der Waals surface area contributed by atoms with E-state index in [1.807, 2.05) is 31.2 Å². The van der Waals surface area contributed by atoms with E-state index in [1.54, 1.807) is 37.2 Å². The van der Waals surface area contributed by atoms with Gasteiger partial charge in [-0.25, -0.2) is 4.39 Å². The summed E-state index contributed by atoms with van der Waals surface area (Å²) in [6.07, 6.45) is 3.63. The number of nitrogens with zero attached hydrogens (tertiary/aromatic N) is 3. The van der Waals surface area contributed by atoms with Gasteiger partial charge in [-0.15, -0.1) is 0 Å². The molecule has 8 heteroatoms. The average molecular weight is 453 g/mol. The maximum atomic E-state index is 13.0. The Labute approximate surface area is 193 Å². The number of hydrogen-bond donors (Lipinski definition) is 1. The number of rotatable bonds is 10. The van der Waals surface area contributed by atoms with Crippen LogP contribution >= 0.6 is 0 Å². The lowest BCUT2D eigenvalue weighted by atomic mass is 10.0. The van der Waals surface area contributed by atoms with E-state index < -0.39 is 0 Å². The lowest BCUT2D eigenvalue weighted by molar-refractivity contribution is -0.131. The van der Waals surface area contributed by atoms with Crippen LogP contribution in [0.5, 0.6) is 5.75 Å². The maximum absolute atomic E-state index is 13.0. The second kappa shape index (κ2) is 11.3. The van der Waals surface area contributed by atoms with Gasteiger partial charge >= 0.3 is 0 Å². The van der Waals surface area contributed by atoms with Crippen molar-refractivity contribution >= 4 is 17.5 Å². The number of likely N-dealkylation sites (N-methyl/N-ethyl adjacent to an activating group) is 1. The summed E-state index contributed by atoms with van der Waals surface area (Å²) in [7, 11) is 1.71. The lowest BCUT2D eigenvalue weighted by Crippen LogP contribution is -2.33. The molecule has 3 aromatic rings. The summed E-state index contributed by atoms with van der Waals surface area (Å²) >= 11 is 0. The fourth-order valence-electron chi connectivity index (χ4n) is 3.17. The van der Waals surface area contributed by atoms with E-state index in [4.69, 9.17) is 4.74 Å². The Kier molecular flexibility index (Phi) is 8.18. The van der Waals surface area contributed by atoms with Crippen LogP contribution in [-0.4, -0.2) is 46.7 Å². The van der Waals surface area contributed by atoms with Crippen LogP contribution in [0.25, 0.3) is 0 Å². The summed E-state index contributed by atoms with van der Waals surface area (Å²) in [6.45, 7) is 4.70. The number of aromatic nitrogens is 2. The van der Waals surface area contributed by atoms with E-state index in [2.05, 4.69) is 10.4 Å². The fraction of sp³-hybridized carbons (Fsp3) is 0.320. The first-order valence-electron chi connectivity index (χ1n) is 10.8. The molecule has 0 aliphatic rings. The Balaban J connectivity index is 1.43. The maximum Gasteiger partial charge on any atom is 0.244 e. The van der Waals surface area contributed by atoms with Crippen LogP contribution in [0, 0.1) is 18.7 Å². The van der Waals surface area contributed by atoms with E-state index in [0.717, 1.165) is 16.9 Å². The molecule has 33 heavy (non-hydrogen) atoms. The number of ether oxygens (including phenoxy) is 1. The highest BCUT2D eigenvalue weighted by Gasteiger charge is 2.16. The number of nitrogens with one attached hydrogen (secondary N) is 1. The molecule has 0 spiro atoms. The van der Waals surface area contributed by atoms with Crippen molar-refractivity contribution in [2.75, 3.05) is 25.5 Å². The molecular weight excluding hydrogens is 423 g/mol. The standard InChI is InChI=1S/C25H29FN4O3/c1-18-4-10-23(11-5-18)33-13-12-29(3)24(31)17-30-16-22(15-27-30)28-25(32)19(2)14-20-6-8-21(26)9-7-20/h4-11,15-16,19H,12-14,17H2,1-3H3,(H,28,32). The van der Waals surface area contributed by atoms with Gasteiger partial charge in [-0.2, -0.15) is 5.10 Å². The van der Waals surface area contributed by atoms with Gasteiger partial charge in [0.25, 0.3) is 0 Å². The van der Waals surface area contributed by atoms with Gasteiger partial charge in [0.15, 0.2) is 0 Å². The van der Waals surface area contributed by atoms with Gasteiger partial charge in [-0.3, -0.25) is 14.3 Å². The van der Waals surface area contributed by atoms with Crippen molar-refractivity contribution in [1.82, 2.24) is 14.7 Å². The molecule has 1 heterocycles. The minimum absolute atomic E-state index is 0.0576. The number of anilines is 1. The number of hydrogen-bond acceptors (Lipinski definition) is 4. The zero-order valence-electron chi connectivity index (χ0n) is 19.1. The third-order valence-electron chi connectivity index (χ3n) is 5.24. The average Bonchev–Trinajstić information content (AvgIpc) is 3.23. The summed E-state index contributed by atoms with van der Waals surface area (Å²) in [5, 5.41) is 6.97. The predicted molar refractivity (Wildman–Crippen MR) is 124 cm³/mol. The van der Waals surface area contributed by atoms with Gasteiger partial charge in [-0.1, -0.05) is 36.8 Å². The van der Waals surface area contributed by atoms with E-state index >= 15 is 0 Å². The molecule has 1 unspecified atom stereocenters. The van der Waals surface area contributed by atoms with E-state index in [9.17, 15) is 14.0 Å². The molecule has 0 radical (unpaired) electrons. The number of carbonyl (C=O) groups excluding carboxylic acids is 2. The second-order valence-electron chi connectivity index (χ2n) is 8.12. The first-order valence-corrected chi connectivity index (χ1v) is 10.8. The molecule has 0 saturated heterocycles. The summed E-state index contributed by atoms with van der Waals surface area (Å²) < 4.78 is 20.2. The number of amides is 2. The number of aryl methyl sites for hydroxylation is 1. The van der Waals surface area contributed by atoms with Crippen molar-refractivity contribution in [3.05, 3.63) is 77.9 Å². The number of benzene rings is 2. The number of carbonyl (C=O) groups is 2. The van der Waals surface area contributed by atoms with Crippen LogP contribution < -0.4 is 10.1 Å². The smallest absolute Gasteiger partial charge is 0.244 e. The summed E-state index contributed by atoms with van der Waals surface area (Å²) in [5.74, 6) is -0.131. The Bertz CT molecular complexity index is 1060. The van der Waals surface area contributed by atoms with Crippen LogP contribution in [0.1, 0.15) is 18.1 Å². The van der Waals surface area contributed by atoms with E-state index in [1.165, 1.54) is 23.0 Å². The Morgan fingerprint density at radius 2 is 1.85 bits per heavy atom. The normalized spacial score (nSPS) is 11.6. The third kappa shape index (κ3) is 7.45. The summed E-state index contributed by atoms with van der Waals surface area (Å²) in [4.78, 5) is 26.5. The van der Waals surface area contributed by atoms with Crippen LogP contribution in [-0.2, 0) is 22.6 Å². The molecule has 0 bridgehead atoms. The van der Waals surface area contributed by atoms with Crippen LogP contribution in [0.3, 0.4) is 0 Å². The van der Waals surface area contributed by atoms with Crippen LogP contribution in [0.2, 0.25) is 0 Å². The number of halogens is 1. The molecular formula is C25H29FN4O3. The quantitative estimate of drug-likeness (QED) is 0.509. The highest BCUT2D eigenvalue weighted by Crippen LogP contribution is 2.14. The second-order valence-corrected chi connectivity index (χ2v) is 8.12. The highest BCUT2D eigenvalue weighted by atomic mass is 19.1. The molecule has 0 fully saturated rings. The van der Waals surface area contributed by atoms with Gasteiger partial charge in [0.1, 0.15) is 24.7 Å². The SMILES string of the molecule is Cc1ccc(OCCN(C)C(=O)Cn2cc(NC(=O)C(C)Cc3ccc(F)cc3)cn2)cc1. The van der Waals surface area contributed by atoms with Crippen molar-refractivity contribution in [3.63, 3.8) is 0 Å². The van der Waals surface area contributed by atoms with Crippen LogP contribution in [0.4, 0.5) is 10.1 Å². The Morgan fingerprint density at radius 3 is 2.55 bits per heavy atom. The largest absolute Gasteiger partial charge is 0.492 e. The third-order valence-corrected chi connectivity index (χ3v) is 5.24. The van der Waals surface area contributed by atoms with Crippen molar-refractivity contribution in [3.8, 4) is 5.75 Å². The molecule has 3 rings (SSSR count). The first kappa shape index (κ1) is 24.0. The minimum Gasteiger partial charge on any atom is -0.492 e. The Morgan fingerprint density at radius 1 is 1.15 bits per heavy atom. The molecule has 0 aliphatic heterocycles. The summed E-state index contributed by atoms with van der Waals surface area (Å²) in [6, 6.07) is 13.9. The molecule has 2 amide bonds. The molecule has 1 aromatic heterocycles. The molecule has 1 atom stereocenters. The van der Waals surface area contributed by atoms with Gasteiger partial charge in [-0.05, 0) is 43.2 Å². The predicted octanol–water partition coefficient (Wildman–Crippen LogP) is 3.69. The van der Waals surface area contributed by atoms with Crippen molar-refractivity contribution in [2.45, 2.75) is 26.8 Å². The molecule has 174 valence electrons. The molecule has 1 N–H and O–H groups in total. The van der Waals surface area contributed by atoms with E-state index in [-0.39, 0.29) is 30.1 Å². The molecule has 0 saturated carbocycles. The zero-order valence-corrected chi connectivity index (χ0v) is 19.1. The molecule has 7 nitrogen and oxygen atoms in total. The molecule has 2 aromatic carbocycles.